The van der Waals surface area contributed by atoms with E-state index < -0.39 is 0 Å². The fraction of sp³-hybridized carbons (Fsp3) is 0. The monoisotopic (exact) mass is 313 g/mol. The Hall–Kier alpha value is -1.46. The number of nitrogen functional groups attached to an aromatic ring is 2. The molecule has 0 aliphatic carbocycles. The van der Waals surface area contributed by atoms with E-state index in [2.05, 4.69) is 20.9 Å². The number of anilines is 2. The molecule has 0 radical (unpaired) electrons. The number of pyridine rings is 1. The van der Waals surface area contributed by atoms with Gasteiger partial charge in [-0.05, 0) is 28.1 Å². The van der Waals surface area contributed by atoms with Crippen molar-refractivity contribution in [1.29, 1.82) is 0 Å². The van der Waals surface area contributed by atoms with Crippen LogP contribution in [-0.2, 0) is 0 Å². The third-order valence-corrected chi connectivity index (χ3v) is 3.20. The zero-order valence-electron chi connectivity index (χ0n) is 8.65. The molecule has 4 nitrogen and oxygen atoms in total. The maximum absolute atomic E-state index is 5.90. The number of nitrogens with zero attached hydrogens (tertiary/aromatic N) is 1. The number of rotatable bonds is 2. The van der Waals surface area contributed by atoms with Gasteiger partial charge >= 0.3 is 0 Å². The first-order valence-corrected chi connectivity index (χ1v) is 5.88. The topological polar surface area (TPSA) is 74.2 Å². The normalized spacial score (nSPS) is 10.2. The lowest BCUT2D eigenvalue weighted by molar-refractivity contribution is 0.479. The number of benzene rings is 1. The molecule has 4 N–H and O–H groups in total. The Bertz CT molecular complexity index is 562. The summed E-state index contributed by atoms with van der Waals surface area (Å²) in [5.41, 5.74) is 11.8. The van der Waals surface area contributed by atoms with Crippen LogP contribution in [-0.4, -0.2) is 4.98 Å². The first kappa shape index (κ1) is 12.0. The van der Waals surface area contributed by atoms with Crippen molar-refractivity contribution in [2.24, 2.45) is 0 Å². The van der Waals surface area contributed by atoms with E-state index in [0.29, 0.717) is 32.5 Å². The van der Waals surface area contributed by atoms with Gasteiger partial charge in [-0.25, -0.2) is 4.98 Å². The molecule has 6 heteroatoms. The maximum Gasteiger partial charge on any atom is 0.146 e. The van der Waals surface area contributed by atoms with E-state index in [1.807, 2.05) is 0 Å². The van der Waals surface area contributed by atoms with Gasteiger partial charge in [0.15, 0.2) is 0 Å². The van der Waals surface area contributed by atoms with Crippen molar-refractivity contribution in [3.63, 3.8) is 0 Å². The Morgan fingerprint density at radius 3 is 2.71 bits per heavy atom. The van der Waals surface area contributed by atoms with Gasteiger partial charge in [0.1, 0.15) is 21.8 Å². The SMILES string of the molecule is Nc1ccc(Oc2ccnc(N)c2Br)cc1Cl. The molecular weight excluding hydrogens is 305 g/mol. The highest BCUT2D eigenvalue weighted by molar-refractivity contribution is 9.10. The second kappa shape index (κ2) is 4.81. The number of halogens is 2. The molecule has 88 valence electrons. The van der Waals surface area contributed by atoms with Crippen molar-refractivity contribution < 1.29 is 4.74 Å². The second-order valence-electron chi connectivity index (χ2n) is 3.29. The van der Waals surface area contributed by atoms with Crippen molar-refractivity contribution >= 4 is 39.0 Å². The standard InChI is InChI=1S/C11H9BrClN3O/c12-10-9(3-4-16-11(10)15)17-6-1-2-8(14)7(13)5-6/h1-5H,14H2,(H2,15,16). The molecule has 0 amide bonds. The Balaban J connectivity index is 2.31. The first-order valence-electron chi connectivity index (χ1n) is 4.71. The Labute approximate surface area is 112 Å². The Morgan fingerprint density at radius 2 is 2.00 bits per heavy atom. The molecule has 0 aliphatic rings. The minimum atomic E-state index is 0.365. The van der Waals surface area contributed by atoms with E-state index in [4.69, 9.17) is 27.8 Å². The summed E-state index contributed by atoms with van der Waals surface area (Å²) in [6.45, 7) is 0. The molecule has 0 atom stereocenters. The third-order valence-electron chi connectivity index (χ3n) is 2.08. The molecule has 2 aromatic rings. The summed E-state index contributed by atoms with van der Waals surface area (Å²) in [4.78, 5) is 3.92. The summed E-state index contributed by atoms with van der Waals surface area (Å²) in [5.74, 6) is 1.51. The summed E-state index contributed by atoms with van der Waals surface area (Å²) in [7, 11) is 0. The number of nitrogens with two attached hydrogens (primary N) is 2. The molecule has 17 heavy (non-hydrogen) atoms. The van der Waals surface area contributed by atoms with Crippen LogP contribution >= 0.6 is 27.5 Å². The van der Waals surface area contributed by atoms with Crippen molar-refractivity contribution in [2.45, 2.75) is 0 Å². The fourth-order valence-electron chi connectivity index (χ4n) is 1.22. The maximum atomic E-state index is 5.90. The predicted molar refractivity (Wildman–Crippen MR) is 72.3 cm³/mol. The van der Waals surface area contributed by atoms with Gasteiger partial charge in [-0.15, -0.1) is 0 Å². The summed E-state index contributed by atoms with van der Waals surface area (Å²) >= 11 is 9.20. The van der Waals surface area contributed by atoms with Crippen LogP contribution in [0.2, 0.25) is 5.02 Å². The largest absolute Gasteiger partial charge is 0.456 e. The minimum Gasteiger partial charge on any atom is -0.456 e. The Kier molecular flexibility index (Phi) is 3.40. The highest BCUT2D eigenvalue weighted by Crippen LogP contribution is 2.34. The third kappa shape index (κ3) is 2.62. The first-order chi connectivity index (χ1) is 8.08. The lowest BCUT2D eigenvalue weighted by atomic mass is 10.3. The molecule has 1 heterocycles. The molecule has 0 unspecified atom stereocenters. The molecule has 2 rings (SSSR count). The molecule has 0 bridgehead atoms. The second-order valence-corrected chi connectivity index (χ2v) is 4.49. The quantitative estimate of drug-likeness (QED) is 0.833. The van der Waals surface area contributed by atoms with Crippen LogP contribution in [0.3, 0.4) is 0 Å². The molecule has 1 aromatic heterocycles. The molecule has 0 fully saturated rings. The number of hydrogen-bond donors (Lipinski definition) is 2. The van der Waals surface area contributed by atoms with E-state index in [1.54, 1.807) is 30.5 Å². The molecule has 0 saturated carbocycles. The van der Waals surface area contributed by atoms with Crippen molar-refractivity contribution in [1.82, 2.24) is 4.98 Å². The average molecular weight is 315 g/mol. The minimum absolute atomic E-state index is 0.365. The van der Waals surface area contributed by atoms with Crippen molar-refractivity contribution in [3.05, 3.63) is 40.0 Å². The van der Waals surface area contributed by atoms with Gasteiger partial charge in [0.2, 0.25) is 0 Å². The summed E-state index contributed by atoms with van der Waals surface area (Å²) in [5, 5.41) is 0.445. The van der Waals surface area contributed by atoms with Crippen LogP contribution in [0.5, 0.6) is 11.5 Å². The van der Waals surface area contributed by atoms with Gasteiger partial charge in [0.25, 0.3) is 0 Å². The smallest absolute Gasteiger partial charge is 0.146 e. The van der Waals surface area contributed by atoms with Crippen LogP contribution in [0.15, 0.2) is 34.9 Å². The van der Waals surface area contributed by atoms with Crippen molar-refractivity contribution in [3.8, 4) is 11.5 Å². The van der Waals surface area contributed by atoms with Crippen LogP contribution in [0.1, 0.15) is 0 Å². The zero-order chi connectivity index (χ0) is 12.4. The molecule has 0 saturated heterocycles. The lowest BCUT2D eigenvalue weighted by Gasteiger charge is -2.09. The van der Waals surface area contributed by atoms with Crippen LogP contribution < -0.4 is 16.2 Å². The highest BCUT2D eigenvalue weighted by Gasteiger charge is 2.07. The molecule has 1 aromatic carbocycles. The molecule has 0 spiro atoms. The van der Waals surface area contributed by atoms with E-state index in [-0.39, 0.29) is 0 Å². The Morgan fingerprint density at radius 1 is 1.24 bits per heavy atom. The van der Waals surface area contributed by atoms with Gasteiger partial charge in [-0.3, -0.25) is 0 Å². The predicted octanol–water partition coefficient (Wildman–Crippen LogP) is 3.45. The summed E-state index contributed by atoms with van der Waals surface area (Å²) in [6.07, 6.45) is 1.56. The van der Waals surface area contributed by atoms with Crippen LogP contribution in [0.25, 0.3) is 0 Å². The van der Waals surface area contributed by atoms with Gasteiger partial charge in [-0.1, -0.05) is 11.6 Å². The zero-order valence-corrected chi connectivity index (χ0v) is 11.0. The number of aromatic nitrogens is 1. The summed E-state index contributed by atoms with van der Waals surface area (Å²) in [6, 6.07) is 6.74. The van der Waals surface area contributed by atoms with Gasteiger partial charge in [-0.2, -0.15) is 0 Å². The van der Waals surface area contributed by atoms with E-state index in [0.717, 1.165) is 0 Å². The lowest BCUT2D eigenvalue weighted by Crippen LogP contribution is -1.94. The number of ether oxygens (including phenoxy) is 1. The van der Waals surface area contributed by atoms with Gasteiger partial charge in [0.05, 0.1) is 10.7 Å². The molecule has 0 aliphatic heterocycles. The summed E-state index contributed by atoms with van der Waals surface area (Å²) < 4.78 is 6.22. The van der Waals surface area contributed by atoms with E-state index >= 15 is 0 Å². The number of hydrogen-bond acceptors (Lipinski definition) is 4. The van der Waals surface area contributed by atoms with Gasteiger partial charge < -0.3 is 16.2 Å². The van der Waals surface area contributed by atoms with E-state index in [1.165, 1.54) is 0 Å². The van der Waals surface area contributed by atoms with Crippen molar-refractivity contribution in [2.75, 3.05) is 11.5 Å². The highest BCUT2D eigenvalue weighted by atomic mass is 79.9. The molecular formula is C11H9BrClN3O. The van der Waals surface area contributed by atoms with Crippen LogP contribution in [0.4, 0.5) is 11.5 Å². The van der Waals surface area contributed by atoms with E-state index in [9.17, 15) is 0 Å². The van der Waals surface area contributed by atoms with Gasteiger partial charge in [0, 0.05) is 18.3 Å². The van der Waals surface area contributed by atoms with Crippen LogP contribution in [0, 0.1) is 0 Å². The fourth-order valence-corrected chi connectivity index (χ4v) is 1.70. The average Bonchev–Trinajstić information content (AvgIpc) is 2.30.